The summed E-state index contributed by atoms with van der Waals surface area (Å²) in [6.07, 6.45) is 7.96. The molecule has 0 aliphatic heterocycles. The van der Waals surface area contributed by atoms with Crippen molar-refractivity contribution in [2.24, 2.45) is 5.92 Å². The van der Waals surface area contributed by atoms with E-state index >= 15 is 0 Å². The van der Waals surface area contributed by atoms with Crippen molar-refractivity contribution in [2.75, 3.05) is 12.4 Å². The summed E-state index contributed by atoms with van der Waals surface area (Å²) >= 11 is 0. The summed E-state index contributed by atoms with van der Waals surface area (Å²) in [5, 5.41) is 2.58. The third-order valence-electron chi connectivity index (χ3n) is 6.18. The highest BCUT2D eigenvalue weighted by Gasteiger charge is 2.28. The number of benzene rings is 1. The van der Waals surface area contributed by atoms with Crippen LogP contribution >= 0.6 is 0 Å². The molecule has 34 heavy (non-hydrogen) atoms. The second-order valence-corrected chi connectivity index (χ2v) is 8.41. The average molecular weight is 470 g/mol. The van der Waals surface area contributed by atoms with Gasteiger partial charge in [-0.3, -0.25) is 14.2 Å². The Morgan fingerprint density at radius 1 is 1.15 bits per heavy atom. The summed E-state index contributed by atoms with van der Waals surface area (Å²) in [5.41, 5.74) is -0.394. The van der Waals surface area contributed by atoms with Gasteiger partial charge in [0.25, 0.3) is 5.56 Å². The van der Waals surface area contributed by atoms with Crippen LogP contribution in [-0.2, 0) is 9.53 Å². The zero-order valence-corrected chi connectivity index (χ0v) is 18.6. The van der Waals surface area contributed by atoms with Gasteiger partial charge in [-0.05, 0) is 30.5 Å². The van der Waals surface area contributed by atoms with E-state index in [0.29, 0.717) is 6.42 Å². The molecule has 0 spiro atoms. The van der Waals surface area contributed by atoms with Gasteiger partial charge in [-0.2, -0.15) is 0 Å². The summed E-state index contributed by atoms with van der Waals surface area (Å²) in [7, 11) is 1.25. The minimum Gasteiger partial charge on any atom is -0.465 e. The Bertz CT molecular complexity index is 1270. The molecule has 1 unspecified atom stereocenters. The molecule has 0 bridgehead atoms. The number of rotatable bonds is 6. The van der Waals surface area contributed by atoms with E-state index in [4.69, 9.17) is 0 Å². The number of nitrogens with zero attached hydrogens (tertiary/aromatic N) is 3. The quantitative estimate of drug-likeness (QED) is 0.546. The van der Waals surface area contributed by atoms with E-state index in [1.807, 2.05) is 0 Å². The zero-order chi connectivity index (χ0) is 24.2. The molecule has 0 radical (unpaired) electrons. The van der Waals surface area contributed by atoms with Crippen LogP contribution < -0.4 is 10.9 Å². The maximum absolute atomic E-state index is 13.8. The lowest BCUT2D eigenvalue weighted by atomic mass is 9.84. The smallest absolute Gasteiger partial charge is 0.339 e. The van der Waals surface area contributed by atoms with Gasteiger partial charge in [0.1, 0.15) is 11.9 Å². The molecule has 3 aromatic rings. The monoisotopic (exact) mass is 470 g/mol. The summed E-state index contributed by atoms with van der Waals surface area (Å²) in [6, 6.07) is 3.66. The molecule has 1 N–H and O–H groups in total. The van der Waals surface area contributed by atoms with Gasteiger partial charge in [0, 0.05) is 12.3 Å². The van der Waals surface area contributed by atoms with Crippen LogP contribution in [0.1, 0.15) is 54.9 Å². The van der Waals surface area contributed by atoms with Gasteiger partial charge in [-0.1, -0.05) is 32.1 Å². The highest BCUT2D eigenvalue weighted by atomic mass is 19.2. The van der Waals surface area contributed by atoms with Crippen LogP contribution in [0.4, 0.5) is 14.6 Å². The number of halogens is 2. The molecule has 1 fully saturated rings. The van der Waals surface area contributed by atoms with Crippen molar-refractivity contribution in [3.8, 4) is 0 Å². The SMILES string of the molecule is COC(=O)c1ccc(NC(=O)C(CC2CCCCC2)n2cnc3cc(F)c(F)cc3c2=O)nc1. The first-order valence-electron chi connectivity index (χ1n) is 11.1. The molecule has 1 amide bonds. The van der Waals surface area contributed by atoms with Crippen LogP contribution in [0.25, 0.3) is 10.9 Å². The number of hydrogen-bond donors (Lipinski definition) is 1. The van der Waals surface area contributed by atoms with E-state index in [9.17, 15) is 23.2 Å². The predicted octanol–water partition coefficient (Wildman–Crippen LogP) is 4.01. The number of carbonyl (C=O) groups is 2. The first kappa shape index (κ1) is 23.5. The number of esters is 1. The molecular formula is C24H24F2N4O4. The molecule has 10 heteroatoms. The van der Waals surface area contributed by atoms with E-state index < -0.39 is 35.1 Å². The van der Waals surface area contributed by atoms with Crippen LogP contribution in [0.3, 0.4) is 0 Å². The maximum Gasteiger partial charge on any atom is 0.339 e. The number of methoxy groups -OCH3 is 1. The summed E-state index contributed by atoms with van der Waals surface area (Å²) in [4.78, 5) is 46.3. The van der Waals surface area contributed by atoms with Crippen molar-refractivity contribution < 1.29 is 23.1 Å². The van der Waals surface area contributed by atoms with Crippen LogP contribution in [0.2, 0.25) is 0 Å². The number of pyridine rings is 1. The third kappa shape index (κ3) is 4.95. The van der Waals surface area contributed by atoms with Crippen LogP contribution in [-0.4, -0.2) is 33.5 Å². The molecule has 2 heterocycles. The van der Waals surface area contributed by atoms with Crippen molar-refractivity contribution in [3.05, 3.63) is 64.3 Å². The fourth-order valence-electron chi connectivity index (χ4n) is 4.35. The molecule has 1 saturated carbocycles. The summed E-state index contributed by atoms with van der Waals surface area (Å²) in [6.45, 7) is 0. The number of fused-ring (bicyclic) bond motifs is 1. The standard InChI is InChI=1S/C24H24F2N4O4/c1-34-24(33)15-7-8-21(27-12-15)29-22(31)20(9-14-5-3-2-4-6-14)30-13-28-19-11-18(26)17(25)10-16(19)23(30)32/h7-8,10-14,20H,2-6,9H2,1H3,(H,27,29,31). The van der Waals surface area contributed by atoms with Gasteiger partial charge in [0.2, 0.25) is 5.91 Å². The Morgan fingerprint density at radius 2 is 1.88 bits per heavy atom. The Balaban J connectivity index is 1.67. The molecule has 2 aromatic heterocycles. The van der Waals surface area contributed by atoms with Crippen LogP contribution in [0.5, 0.6) is 0 Å². The summed E-state index contributed by atoms with van der Waals surface area (Å²) in [5.74, 6) is -2.89. The fourth-order valence-corrected chi connectivity index (χ4v) is 4.35. The molecule has 1 aliphatic rings. The number of nitrogens with one attached hydrogen (secondary N) is 1. The minimum atomic E-state index is -1.16. The van der Waals surface area contributed by atoms with E-state index in [1.165, 1.54) is 36.3 Å². The fraction of sp³-hybridized carbons (Fsp3) is 0.375. The lowest BCUT2D eigenvalue weighted by molar-refractivity contribution is -0.120. The van der Waals surface area contributed by atoms with E-state index in [2.05, 4.69) is 20.0 Å². The lowest BCUT2D eigenvalue weighted by Gasteiger charge is -2.27. The van der Waals surface area contributed by atoms with Crippen molar-refractivity contribution in [2.45, 2.75) is 44.6 Å². The van der Waals surface area contributed by atoms with E-state index in [-0.39, 0.29) is 28.2 Å². The van der Waals surface area contributed by atoms with Crippen molar-refractivity contribution >= 4 is 28.6 Å². The molecule has 0 saturated heterocycles. The van der Waals surface area contributed by atoms with Crippen LogP contribution in [0.15, 0.2) is 41.6 Å². The Labute approximate surface area is 194 Å². The minimum absolute atomic E-state index is 0.0111. The van der Waals surface area contributed by atoms with Gasteiger partial charge >= 0.3 is 5.97 Å². The zero-order valence-electron chi connectivity index (χ0n) is 18.6. The van der Waals surface area contributed by atoms with Gasteiger partial charge in [-0.15, -0.1) is 0 Å². The average Bonchev–Trinajstić information content (AvgIpc) is 2.85. The van der Waals surface area contributed by atoms with E-state index in [1.54, 1.807) is 0 Å². The highest BCUT2D eigenvalue weighted by molar-refractivity contribution is 5.94. The van der Waals surface area contributed by atoms with E-state index in [0.717, 1.165) is 44.2 Å². The van der Waals surface area contributed by atoms with Gasteiger partial charge in [0.15, 0.2) is 11.6 Å². The van der Waals surface area contributed by atoms with Crippen LogP contribution in [0, 0.1) is 17.6 Å². The Morgan fingerprint density at radius 3 is 2.56 bits per heavy atom. The molecule has 1 aliphatic carbocycles. The largest absolute Gasteiger partial charge is 0.465 e. The number of hydrogen-bond acceptors (Lipinski definition) is 6. The van der Waals surface area contributed by atoms with Crippen molar-refractivity contribution in [1.82, 2.24) is 14.5 Å². The first-order chi connectivity index (χ1) is 16.4. The second-order valence-electron chi connectivity index (χ2n) is 8.41. The number of carbonyl (C=O) groups excluding carboxylic acids is 2. The van der Waals surface area contributed by atoms with Crippen molar-refractivity contribution in [3.63, 3.8) is 0 Å². The highest BCUT2D eigenvalue weighted by Crippen LogP contribution is 2.31. The number of anilines is 1. The first-order valence-corrected chi connectivity index (χ1v) is 11.1. The van der Waals surface area contributed by atoms with Gasteiger partial charge in [0.05, 0.1) is 29.9 Å². The number of ether oxygens (including phenoxy) is 1. The number of aromatic nitrogens is 3. The third-order valence-corrected chi connectivity index (χ3v) is 6.18. The summed E-state index contributed by atoms with van der Waals surface area (Å²) < 4.78 is 33.2. The molecule has 1 atom stereocenters. The topological polar surface area (TPSA) is 103 Å². The maximum atomic E-state index is 13.8. The van der Waals surface area contributed by atoms with Gasteiger partial charge < -0.3 is 10.1 Å². The lowest BCUT2D eigenvalue weighted by Crippen LogP contribution is -2.35. The molecule has 1 aromatic carbocycles. The molecule has 8 nitrogen and oxygen atoms in total. The van der Waals surface area contributed by atoms with Gasteiger partial charge in [-0.25, -0.2) is 23.5 Å². The number of amides is 1. The Kier molecular flexibility index (Phi) is 6.95. The molecule has 4 rings (SSSR count). The van der Waals surface area contributed by atoms with Crippen molar-refractivity contribution in [1.29, 1.82) is 0 Å². The molecular weight excluding hydrogens is 446 g/mol. The Hall–Kier alpha value is -3.69. The second kappa shape index (κ2) is 10.1. The normalized spacial score (nSPS) is 15.1. The molecule has 178 valence electrons. The predicted molar refractivity (Wildman–Crippen MR) is 120 cm³/mol.